The molecule has 0 atom stereocenters. The summed E-state index contributed by atoms with van der Waals surface area (Å²) in [6, 6.07) is 16.5. The van der Waals surface area contributed by atoms with Gasteiger partial charge in [-0.2, -0.15) is 0 Å². The average molecular weight is 456 g/mol. The number of anilines is 1. The van der Waals surface area contributed by atoms with Gasteiger partial charge in [-0.3, -0.25) is 4.79 Å². The molecule has 0 aliphatic carbocycles. The molecule has 126 valence electrons. The molecule has 24 heavy (non-hydrogen) atoms. The average Bonchev–Trinajstić information content (AvgIpc) is 2.56. The van der Waals surface area contributed by atoms with Crippen molar-refractivity contribution < 1.29 is 13.2 Å². The molecule has 5 nitrogen and oxygen atoms in total. The highest BCUT2D eigenvalue weighted by atomic mass is 127. The molecule has 1 amide bonds. The van der Waals surface area contributed by atoms with Gasteiger partial charge in [0.2, 0.25) is 15.9 Å². The van der Waals surface area contributed by atoms with Crippen LogP contribution in [0.4, 0.5) is 5.69 Å². The summed E-state index contributed by atoms with van der Waals surface area (Å²) in [6.45, 7) is 0.0393. The zero-order valence-electron chi connectivity index (χ0n) is 12.8. The lowest BCUT2D eigenvalue weighted by molar-refractivity contribution is -0.116. The molecule has 2 aromatic rings. The molecule has 0 aromatic heterocycles. The van der Waals surface area contributed by atoms with Crippen LogP contribution in [0.15, 0.2) is 60.0 Å². The minimum Gasteiger partial charge on any atom is -0.326 e. The molecule has 0 radical (unpaired) electrons. The van der Waals surface area contributed by atoms with E-state index >= 15 is 0 Å². The molecule has 0 saturated heterocycles. The second-order valence-corrected chi connectivity index (χ2v) is 7.85. The number of carbonyl (C=O) groups is 1. The molecule has 0 bridgehead atoms. The Kier molecular flexibility index (Phi) is 6.95. The fourth-order valence-electron chi connectivity index (χ4n) is 1.84. The van der Waals surface area contributed by atoms with Crippen LogP contribution in [0.2, 0.25) is 0 Å². The smallest absolute Gasteiger partial charge is 0.233 e. The van der Waals surface area contributed by atoms with Crippen LogP contribution in [0.25, 0.3) is 6.08 Å². The quantitative estimate of drug-likeness (QED) is 0.629. The third-order valence-corrected chi connectivity index (χ3v) is 4.84. The molecule has 0 unspecified atom stereocenters. The zero-order valence-corrected chi connectivity index (χ0v) is 15.8. The molecule has 0 aliphatic heterocycles. The van der Waals surface area contributed by atoms with Crippen LogP contribution in [0, 0.1) is 3.57 Å². The van der Waals surface area contributed by atoms with E-state index in [9.17, 15) is 13.2 Å². The first-order chi connectivity index (χ1) is 11.4. The van der Waals surface area contributed by atoms with E-state index in [0.29, 0.717) is 5.69 Å². The first kappa shape index (κ1) is 18.6. The molecular formula is C17H17IN2O3S. The lowest BCUT2D eigenvalue weighted by Crippen LogP contribution is -2.26. The van der Waals surface area contributed by atoms with Crippen LogP contribution in [0.5, 0.6) is 0 Å². The zero-order chi connectivity index (χ0) is 17.4. The van der Waals surface area contributed by atoms with Crippen molar-refractivity contribution >= 4 is 50.3 Å². The van der Waals surface area contributed by atoms with Gasteiger partial charge in [-0.25, -0.2) is 13.1 Å². The fraction of sp³-hybridized carbons (Fsp3) is 0.118. The fourth-order valence-corrected chi connectivity index (χ4v) is 3.02. The molecule has 2 rings (SSSR count). The van der Waals surface area contributed by atoms with Gasteiger partial charge in [0.1, 0.15) is 0 Å². The number of hydrogen-bond donors (Lipinski definition) is 2. The maximum atomic E-state index is 11.9. The van der Waals surface area contributed by atoms with Crippen molar-refractivity contribution in [3.05, 3.63) is 69.1 Å². The molecule has 0 aliphatic rings. The number of sulfonamides is 1. The SMILES string of the molecule is O=C(CCNS(=O)(=O)/C=C/c1ccccc1)Nc1ccc(I)cc1. The van der Waals surface area contributed by atoms with Gasteiger partial charge < -0.3 is 5.32 Å². The highest BCUT2D eigenvalue weighted by Crippen LogP contribution is 2.11. The van der Waals surface area contributed by atoms with Crippen LogP contribution in [-0.4, -0.2) is 20.9 Å². The summed E-state index contributed by atoms with van der Waals surface area (Å²) in [4.78, 5) is 11.8. The summed E-state index contributed by atoms with van der Waals surface area (Å²) >= 11 is 2.18. The van der Waals surface area contributed by atoms with Crippen molar-refractivity contribution in [2.75, 3.05) is 11.9 Å². The summed E-state index contributed by atoms with van der Waals surface area (Å²) in [5.74, 6) is -0.244. The Morgan fingerprint density at radius 1 is 1.04 bits per heavy atom. The molecule has 0 spiro atoms. The monoisotopic (exact) mass is 456 g/mol. The van der Waals surface area contributed by atoms with Gasteiger partial charge in [0.25, 0.3) is 0 Å². The van der Waals surface area contributed by atoms with Crippen molar-refractivity contribution in [3.8, 4) is 0 Å². The van der Waals surface area contributed by atoms with Crippen LogP contribution in [-0.2, 0) is 14.8 Å². The number of carbonyl (C=O) groups excluding carboxylic acids is 1. The topological polar surface area (TPSA) is 75.3 Å². The van der Waals surface area contributed by atoms with Gasteiger partial charge in [0.05, 0.1) is 0 Å². The molecule has 2 aromatic carbocycles. The lowest BCUT2D eigenvalue weighted by atomic mass is 10.2. The van der Waals surface area contributed by atoms with E-state index in [1.807, 2.05) is 30.3 Å². The van der Waals surface area contributed by atoms with Gasteiger partial charge in [-0.1, -0.05) is 30.3 Å². The molecule has 0 heterocycles. The lowest BCUT2D eigenvalue weighted by Gasteiger charge is -2.06. The van der Waals surface area contributed by atoms with Crippen molar-refractivity contribution in [2.45, 2.75) is 6.42 Å². The summed E-state index contributed by atoms with van der Waals surface area (Å²) in [6.07, 6.45) is 1.57. The van der Waals surface area contributed by atoms with Crippen molar-refractivity contribution in [2.24, 2.45) is 0 Å². The largest absolute Gasteiger partial charge is 0.326 e. The maximum Gasteiger partial charge on any atom is 0.233 e. The Hall–Kier alpha value is -1.71. The van der Waals surface area contributed by atoms with Crippen LogP contribution < -0.4 is 10.0 Å². The van der Waals surface area contributed by atoms with E-state index in [2.05, 4.69) is 32.6 Å². The van der Waals surface area contributed by atoms with Crippen LogP contribution in [0.3, 0.4) is 0 Å². The Bertz CT molecular complexity index is 803. The Balaban J connectivity index is 1.79. The van der Waals surface area contributed by atoms with E-state index < -0.39 is 10.0 Å². The Morgan fingerprint density at radius 2 is 1.71 bits per heavy atom. The highest BCUT2D eigenvalue weighted by molar-refractivity contribution is 14.1. The number of amides is 1. The number of hydrogen-bond acceptors (Lipinski definition) is 3. The normalized spacial score (nSPS) is 11.5. The third kappa shape index (κ3) is 6.81. The van der Waals surface area contributed by atoms with E-state index in [-0.39, 0.29) is 18.9 Å². The van der Waals surface area contributed by atoms with Crippen molar-refractivity contribution in [1.82, 2.24) is 4.72 Å². The summed E-state index contributed by atoms with van der Waals surface area (Å²) in [7, 11) is -3.57. The third-order valence-electron chi connectivity index (χ3n) is 3.02. The molecular weight excluding hydrogens is 439 g/mol. The molecule has 2 N–H and O–H groups in total. The number of benzene rings is 2. The van der Waals surface area contributed by atoms with Gasteiger partial charge in [0, 0.05) is 27.6 Å². The predicted octanol–water partition coefficient (Wildman–Crippen LogP) is 3.21. The van der Waals surface area contributed by atoms with E-state index in [1.165, 1.54) is 6.08 Å². The Morgan fingerprint density at radius 3 is 2.38 bits per heavy atom. The second-order valence-electron chi connectivity index (χ2n) is 4.96. The number of halogens is 1. The van der Waals surface area contributed by atoms with E-state index in [0.717, 1.165) is 14.5 Å². The summed E-state index contributed by atoms with van der Waals surface area (Å²) in [5.41, 5.74) is 1.48. The van der Waals surface area contributed by atoms with Gasteiger partial charge in [-0.05, 0) is 58.5 Å². The van der Waals surface area contributed by atoms with E-state index in [4.69, 9.17) is 0 Å². The minimum absolute atomic E-state index is 0.0393. The number of nitrogens with one attached hydrogen (secondary N) is 2. The first-order valence-corrected chi connectivity index (χ1v) is 9.85. The highest BCUT2D eigenvalue weighted by Gasteiger charge is 2.07. The first-order valence-electron chi connectivity index (χ1n) is 7.23. The van der Waals surface area contributed by atoms with Crippen LogP contribution in [0.1, 0.15) is 12.0 Å². The minimum atomic E-state index is -3.57. The van der Waals surface area contributed by atoms with Gasteiger partial charge in [-0.15, -0.1) is 0 Å². The van der Waals surface area contributed by atoms with E-state index in [1.54, 1.807) is 24.3 Å². The molecule has 7 heteroatoms. The predicted molar refractivity (Wildman–Crippen MR) is 105 cm³/mol. The second kappa shape index (κ2) is 8.95. The molecule has 0 fully saturated rings. The summed E-state index contributed by atoms with van der Waals surface area (Å²) < 4.78 is 27.2. The molecule has 0 saturated carbocycles. The number of rotatable bonds is 7. The van der Waals surface area contributed by atoms with Gasteiger partial charge >= 0.3 is 0 Å². The summed E-state index contributed by atoms with van der Waals surface area (Å²) in [5, 5.41) is 3.81. The van der Waals surface area contributed by atoms with Gasteiger partial charge in [0.15, 0.2) is 0 Å². The van der Waals surface area contributed by atoms with Crippen molar-refractivity contribution in [3.63, 3.8) is 0 Å². The van der Waals surface area contributed by atoms with Crippen molar-refractivity contribution in [1.29, 1.82) is 0 Å². The standard InChI is InChI=1S/C17H17IN2O3S/c18-15-6-8-16(9-7-15)20-17(21)10-12-19-24(22,23)13-11-14-4-2-1-3-5-14/h1-9,11,13,19H,10,12H2,(H,20,21)/b13-11+. The maximum absolute atomic E-state index is 11.9. The Labute approximate surface area is 155 Å². The van der Waals surface area contributed by atoms with Crippen LogP contribution >= 0.6 is 22.6 Å².